The monoisotopic (exact) mass is 460 g/mol. The first-order valence-electron chi connectivity index (χ1n) is 12.5. The van der Waals surface area contributed by atoms with Crippen LogP contribution in [0.25, 0.3) is 0 Å². The van der Waals surface area contributed by atoms with Crippen molar-refractivity contribution in [2.45, 2.75) is 82.7 Å². The van der Waals surface area contributed by atoms with Crippen molar-refractivity contribution in [1.82, 2.24) is 9.97 Å². The van der Waals surface area contributed by atoms with Gasteiger partial charge in [0.05, 0.1) is 11.1 Å². The zero-order valence-corrected chi connectivity index (χ0v) is 19.9. The Morgan fingerprint density at radius 1 is 1.12 bits per heavy atom. The fourth-order valence-corrected chi connectivity index (χ4v) is 6.89. The minimum absolute atomic E-state index is 0.183. The summed E-state index contributed by atoms with van der Waals surface area (Å²) in [6, 6.07) is 6.76. The van der Waals surface area contributed by atoms with Crippen LogP contribution in [0.3, 0.4) is 0 Å². The third-order valence-electron chi connectivity index (χ3n) is 8.95. The minimum atomic E-state index is -0.637. The van der Waals surface area contributed by atoms with E-state index in [0.717, 1.165) is 56.2 Å². The second kappa shape index (κ2) is 7.27. The molecule has 4 aliphatic rings. The molecule has 2 heterocycles. The molecule has 2 aromatic rings. The topological polar surface area (TPSA) is 111 Å². The predicted octanol–water partition coefficient (Wildman–Crippen LogP) is 4.98. The summed E-state index contributed by atoms with van der Waals surface area (Å²) < 4.78 is 6.18. The summed E-state index contributed by atoms with van der Waals surface area (Å²) in [7, 11) is 0. The summed E-state index contributed by atoms with van der Waals surface area (Å²) in [4.78, 5) is 25.0. The van der Waals surface area contributed by atoms with E-state index >= 15 is 0 Å². The number of aliphatic imine (C=N–C) groups is 1. The molecule has 34 heavy (non-hydrogen) atoms. The van der Waals surface area contributed by atoms with Gasteiger partial charge >= 0.3 is 5.97 Å². The van der Waals surface area contributed by atoms with E-state index < -0.39 is 17.0 Å². The minimum Gasteiger partial charge on any atom is -0.481 e. The first kappa shape index (κ1) is 21.6. The first-order valence-corrected chi connectivity index (χ1v) is 12.5. The molecule has 6 rings (SSSR count). The van der Waals surface area contributed by atoms with E-state index in [2.05, 4.69) is 28.2 Å². The molecule has 2 saturated carbocycles. The summed E-state index contributed by atoms with van der Waals surface area (Å²) in [6.07, 6.45) is 10.8. The lowest BCUT2D eigenvalue weighted by atomic mass is 9.59. The standard InChI is InChI=1S/C27H32N4O3/c1-25(2)21(31-20-22(28)29-15-30-23(20)34-25)17-5-6-19-16(14-17)4-3-9-26(19)10-7-18(8-11-26)27(12-13-27)24(32)33/h5-6,14-15,18H,3-4,7-13H2,1-2H3,(H,32,33)(H2,28,29,30). The number of carbonyl (C=O) groups is 1. The van der Waals surface area contributed by atoms with Crippen molar-refractivity contribution in [2.75, 3.05) is 5.73 Å². The maximum Gasteiger partial charge on any atom is 0.309 e. The van der Waals surface area contributed by atoms with Gasteiger partial charge in [0.25, 0.3) is 0 Å². The van der Waals surface area contributed by atoms with Gasteiger partial charge in [-0.25, -0.2) is 9.98 Å². The van der Waals surface area contributed by atoms with E-state index in [9.17, 15) is 9.90 Å². The molecule has 0 unspecified atom stereocenters. The van der Waals surface area contributed by atoms with Gasteiger partial charge in [0, 0.05) is 5.56 Å². The Morgan fingerprint density at radius 2 is 1.88 bits per heavy atom. The summed E-state index contributed by atoms with van der Waals surface area (Å²) in [5.74, 6) is 0.501. The quantitative estimate of drug-likeness (QED) is 0.668. The molecule has 1 aliphatic heterocycles. The second-order valence-electron chi connectivity index (χ2n) is 11.2. The molecule has 3 N–H and O–H groups in total. The fourth-order valence-electron chi connectivity index (χ4n) is 6.89. The maximum absolute atomic E-state index is 11.9. The van der Waals surface area contributed by atoms with Crippen molar-refractivity contribution < 1.29 is 14.6 Å². The lowest BCUT2D eigenvalue weighted by Gasteiger charge is -2.46. The SMILES string of the molecule is CC1(C)Oc2ncnc(N)c2N=C1c1ccc2c(c1)CCCC21CCC(C2(C(=O)O)CC2)CC1. The van der Waals surface area contributed by atoms with Crippen molar-refractivity contribution in [2.24, 2.45) is 16.3 Å². The number of nitrogen functional groups attached to an aromatic ring is 1. The summed E-state index contributed by atoms with van der Waals surface area (Å²) in [6.45, 7) is 4.01. The molecule has 1 aromatic carbocycles. The van der Waals surface area contributed by atoms with Crippen LogP contribution in [-0.2, 0) is 16.6 Å². The zero-order chi connectivity index (χ0) is 23.7. The highest BCUT2D eigenvalue weighted by molar-refractivity contribution is 6.09. The number of nitrogens with zero attached hydrogens (tertiary/aromatic N) is 3. The average Bonchev–Trinajstić information content (AvgIpc) is 3.61. The molecule has 0 atom stereocenters. The van der Waals surface area contributed by atoms with Crippen LogP contribution in [0, 0.1) is 11.3 Å². The molecule has 0 amide bonds. The maximum atomic E-state index is 11.9. The van der Waals surface area contributed by atoms with Crippen LogP contribution in [-0.4, -0.2) is 32.4 Å². The van der Waals surface area contributed by atoms with Crippen molar-refractivity contribution >= 4 is 23.2 Å². The third kappa shape index (κ3) is 3.16. The van der Waals surface area contributed by atoms with Gasteiger partial charge in [-0.3, -0.25) is 4.79 Å². The highest BCUT2D eigenvalue weighted by atomic mass is 16.5. The fraction of sp³-hybridized carbons (Fsp3) is 0.556. The molecule has 178 valence electrons. The number of hydrogen-bond acceptors (Lipinski definition) is 6. The van der Waals surface area contributed by atoms with Crippen LogP contribution in [0.5, 0.6) is 5.88 Å². The van der Waals surface area contributed by atoms with Gasteiger partial charge in [-0.05, 0) is 100 Å². The average molecular weight is 461 g/mol. The van der Waals surface area contributed by atoms with Crippen LogP contribution in [0.4, 0.5) is 11.5 Å². The summed E-state index contributed by atoms with van der Waals surface area (Å²) >= 11 is 0. The Balaban J connectivity index is 1.32. The highest BCUT2D eigenvalue weighted by Crippen LogP contribution is 2.60. The lowest BCUT2D eigenvalue weighted by Crippen LogP contribution is -2.41. The third-order valence-corrected chi connectivity index (χ3v) is 8.95. The van der Waals surface area contributed by atoms with E-state index in [1.807, 2.05) is 13.8 Å². The van der Waals surface area contributed by atoms with Gasteiger partial charge in [-0.15, -0.1) is 0 Å². The molecule has 2 fully saturated rings. The number of aliphatic carboxylic acids is 1. The number of aromatic nitrogens is 2. The number of carboxylic acid groups (broad SMARTS) is 1. The number of benzene rings is 1. The van der Waals surface area contributed by atoms with Gasteiger partial charge in [0.1, 0.15) is 11.9 Å². The van der Waals surface area contributed by atoms with Crippen LogP contribution in [0.1, 0.15) is 81.9 Å². The van der Waals surface area contributed by atoms with Crippen LogP contribution in [0.15, 0.2) is 29.5 Å². The Kier molecular flexibility index (Phi) is 4.61. The largest absolute Gasteiger partial charge is 0.481 e. The first-order chi connectivity index (χ1) is 16.2. The summed E-state index contributed by atoms with van der Waals surface area (Å²) in [5.41, 5.74) is 10.4. The second-order valence-corrected chi connectivity index (χ2v) is 11.2. The van der Waals surface area contributed by atoms with Gasteiger partial charge in [-0.1, -0.05) is 12.1 Å². The number of aryl methyl sites for hydroxylation is 1. The van der Waals surface area contributed by atoms with Crippen LogP contribution in [0.2, 0.25) is 0 Å². The van der Waals surface area contributed by atoms with E-state index in [4.69, 9.17) is 15.5 Å². The lowest BCUT2D eigenvalue weighted by molar-refractivity contribution is -0.146. The molecular formula is C27H32N4O3. The Bertz CT molecular complexity index is 1210. The zero-order valence-electron chi connectivity index (χ0n) is 19.9. The van der Waals surface area contributed by atoms with E-state index in [1.165, 1.54) is 30.3 Å². The molecule has 0 saturated heterocycles. The van der Waals surface area contributed by atoms with Gasteiger partial charge in [-0.2, -0.15) is 4.98 Å². The summed E-state index contributed by atoms with van der Waals surface area (Å²) in [5, 5.41) is 9.75. The van der Waals surface area contributed by atoms with Crippen molar-refractivity contribution in [3.8, 4) is 5.88 Å². The Labute approximate surface area is 199 Å². The van der Waals surface area contributed by atoms with E-state index in [1.54, 1.807) is 0 Å². The molecule has 0 radical (unpaired) electrons. The number of carboxylic acids is 1. The highest BCUT2D eigenvalue weighted by Gasteiger charge is 2.57. The molecule has 1 aromatic heterocycles. The molecule has 0 bridgehead atoms. The van der Waals surface area contributed by atoms with Crippen molar-refractivity contribution in [3.05, 3.63) is 41.2 Å². The molecular weight excluding hydrogens is 428 g/mol. The number of anilines is 1. The number of rotatable bonds is 3. The van der Waals surface area contributed by atoms with Gasteiger partial charge in [0.15, 0.2) is 11.5 Å². The van der Waals surface area contributed by atoms with Crippen molar-refractivity contribution in [3.63, 3.8) is 0 Å². The Morgan fingerprint density at radius 3 is 2.59 bits per heavy atom. The molecule has 7 heteroatoms. The van der Waals surface area contributed by atoms with Crippen LogP contribution >= 0.6 is 0 Å². The normalized spacial score (nSPS) is 28.3. The number of hydrogen-bond donors (Lipinski definition) is 2. The number of nitrogens with two attached hydrogens (primary N) is 1. The van der Waals surface area contributed by atoms with E-state index in [-0.39, 0.29) is 5.41 Å². The predicted molar refractivity (Wildman–Crippen MR) is 130 cm³/mol. The Hall–Kier alpha value is -2.96. The van der Waals surface area contributed by atoms with Gasteiger partial charge in [0.2, 0.25) is 5.88 Å². The van der Waals surface area contributed by atoms with E-state index in [0.29, 0.717) is 23.3 Å². The number of ether oxygens (including phenoxy) is 1. The number of fused-ring (bicyclic) bond motifs is 3. The molecule has 3 aliphatic carbocycles. The van der Waals surface area contributed by atoms with Crippen LogP contribution < -0.4 is 10.5 Å². The smallest absolute Gasteiger partial charge is 0.309 e. The molecule has 7 nitrogen and oxygen atoms in total. The van der Waals surface area contributed by atoms with Gasteiger partial charge < -0.3 is 15.6 Å². The van der Waals surface area contributed by atoms with Crippen molar-refractivity contribution in [1.29, 1.82) is 0 Å². The molecule has 1 spiro atoms.